The molecule has 0 saturated carbocycles. The molecule has 2 atom stereocenters. The van der Waals surface area contributed by atoms with Gasteiger partial charge in [0.05, 0.1) is 0 Å². The normalized spacial score (nSPS) is 23.2. The topological polar surface area (TPSA) is 75.9 Å². The molecule has 2 heterocycles. The maximum absolute atomic E-state index is 13.1. The molecule has 0 aliphatic carbocycles. The van der Waals surface area contributed by atoms with Gasteiger partial charge >= 0.3 is 0 Å². The van der Waals surface area contributed by atoms with Crippen molar-refractivity contribution in [2.24, 2.45) is 5.73 Å². The number of carbonyl (C=O) groups is 2. The minimum absolute atomic E-state index is 0.0320. The highest BCUT2D eigenvalue weighted by Gasteiger charge is 2.33. The molecule has 2 unspecified atom stereocenters. The maximum Gasteiger partial charge on any atom is 0.251 e. The van der Waals surface area contributed by atoms with Crippen molar-refractivity contribution in [3.8, 4) is 0 Å². The molecule has 2 fully saturated rings. The van der Waals surface area contributed by atoms with Gasteiger partial charge < -0.3 is 15.4 Å². The van der Waals surface area contributed by atoms with Crippen LogP contribution in [0.25, 0.3) is 0 Å². The molecule has 2 amide bonds. The fraction of sp³-hybridized carbons (Fsp3) is 0.529. The average molecular weight is 335 g/mol. The quantitative estimate of drug-likeness (QED) is 0.878. The zero-order valence-corrected chi connectivity index (χ0v) is 13.5. The molecular weight excluding hydrogens is 313 g/mol. The first-order chi connectivity index (χ1) is 11.6. The summed E-state index contributed by atoms with van der Waals surface area (Å²) < 4.78 is 18.5. The number of carbonyl (C=O) groups excluding carboxylic acids is 2. The molecule has 0 radical (unpaired) electrons. The number of hydrogen-bond acceptors (Lipinski definition) is 4. The van der Waals surface area contributed by atoms with Crippen LogP contribution < -0.4 is 5.73 Å². The first-order valence-electron chi connectivity index (χ1n) is 8.25. The van der Waals surface area contributed by atoms with E-state index in [2.05, 4.69) is 0 Å². The lowest BCUT2D eigenvalue weighted by molar-refractivity contribution is -0.143. The highest BCUT2D eigenvalue weighted by molar-refractivity contribution is 5.82. The number of benzene rings is 1. The molecule has 24 heavy (non-hydrogen) atoms. The highest BCUT2D eigenvalue weighted by Crippen LogP contribution is 2.23. The van der Waals surface area contributed by atoms with E-state index < -0.39 is 11.9 Å². The fourth-order valence-electron chi connectivity index (χ4n) is 3.38. The van der Waals surface area contributed by atoms with Crippen molar-refractivity contribution in [1.29, 1.82) is 0 Å². The second-order valence-corrected chi connectivity index (χ2v) is 6.22. The van der Waals surface area contributed by atoms with Gasteiger partial charge in [-0.05, 0) is 30.5 Å². The molecule has 2 aliphatic rings. The molecular formula is C17H22FN3O3. The second-order valence-electron chi connectivity index (χ2n) is 6.22. The standard InChI is InChI=1S/C17H22FN3O3/c18-13-5-3-12(4-6-13)15(16(19)22)20-7-9-21(10-8-20)17(23)14-2-1-11-24-14/h3-6,14-15H,1-2,7-11H2,(H2,19,22). The van der Waals surface area contributed by atoms with Crippen LogP contribution in [0.2, 0.25) is 0 Å². The van der Waals surface area contributed by atoms with Gasteiger partial charge in [0.15, 0.2) is 0 Å². The lowest BCUT2D eigenvalue weighted by atomic mass is 10.0. The van der Waals surface area contributed by atoms with E-state index in [4.69, 9.17) is 10.5 Å². The molecule has 1 aromatic carbocycles. The maximum atomic E-state index is 13.1. The van der Waals surface area contributed by atoms with Gasteiger partial charge in [0.25, 0.3) is 5.91 Å². The molecule has 0 bridgehead atoms. The Morgan fingerprint density at radius 2 is 1.83 bits per heavy atom. The lowest BCUT2D eigenvalue weighted by Gasteiger charge is -2.38. The zero-order valence-electron chi connectivity index (χ0n) is 13.5. The van der Waals surface area contributed by atoms with Gasteiger partial charge in [-0.3, -0.25) is 14.5 Å². The first kappa shape index (κ1) is 16.9. The molecule has 130 valence electrons. The number of ether oxygens (including phenoxy) is 1. The van der Waals surface area contributed by atoms with Crippen LogP contribution in [-0.2, 0) is 14.3 Å². The van der Waals surface area contributed by atoms with E-state index in [-0.39, 0.29) is 17.8 Å². The van der Waals surface area contributed by atoms with E-state index >= 15 is 0 Å². The van der Waals surface area contributed by atoms with Gasteiger partial charge in [-0.1, -0.05) is 12.1 Å². The van der Waals surface area contributed by atoms with Crippen LogP contribution in [0.3, 0.4) is 0 Å². The predicted octanol–water partition coefficient (Wildman–Crippen LogP) is 0.675. The smallest absolute Gasteiger partial charge is 0.251 e. The summed E-state index contributed by atoms with van der Waals surface area (Å²) in [4.78, 5) is 28.0. The lowest BCUT2D eigenvalue weighted by Crippen LogP contribution is -2.53. The van der Waals surface area contributed by atoms with Crippen molar-refractivity contribution in [3.05, 3.63) is 35.6 Å². The van der Waals surface area contributed by atoms with Gasteiger partial charge in [-0.25, -0.2) is 4.39 Å². The molecule has 7 heteroatoms. The molecule has 0 spiro atoms. The number of rotatable bonds is 4. The monoisotopic (exact) mass is 335 g/mol. The van der Waals surface area contributed by atoms with Crippen molar-refractivity contribution >= 4 is 11.8 Å². The highest BCUT2D eigenvalue weighted by atomic mass is 19.1. The van der Waals surface area contributed by atoms with E-state index in [1.54, 1.807) is 17.0 Å². The Morgan fingerprint density at radius 3 is 2.38 bits per heavy atom. The summed E-state index contributed by atoms with van der Waals surface area (Å²) >= 11 is 0. The SMILES string of the molecule is NC(=O)C(c1ccc(F)cc1)N1CCN(C(=O)C2CCCO2)CC1. The number of nitrogens with two attached hydrogens (primary N) is 1. The third-order valence-electron chi connectivity index (χ3n) is 4.65. The minimum Gasteiger partial charge on any atom is -0.368 e. The number of hydrogen-bond donors (Lipinski definition) is 1. The Balaban J connectivity index is 1.64. The molecule has 3 rings (SSSR count). The van der Waals surface area contributed by atoms with Gasteiger partial charge in [-0.15, -0.1) is 0 Å². The van der Waals surface area contributed by atoms with E-state index in [0.29, 0.717) is 38.3 Å². The number of halogens is 1. The number of amides is 2. The molecule has 2 saturated heterocycles. The van der Waals surface area contributed by atoms with E-state index in [9.17, 15) is 14.0 Å². The summed E-state index contributed by atoms with van der Waals surface area (Å²) in [5, 5.41) is 0. The summed E-state index contributed by atoms with van der Waals surface area (Å²) in [7, 11) is 0. The fourth-order valence-corrected chi connectivity index (χ4v) is 3.38. The van der Waals surface area contributed by atoms with E-state index in [1.807, 2.05) is 4.90 Å². The van der Waals surface area contributed by atoms with Gasteiger partial charge in [0.2, 0.25) is 5.91 Å². The van der Waals surface area contributed by atoms with Crippen LogP contribution in [-0.4, -0.2) is 60.5 Å². The summed E-state index contributed by atoms with van der Waals surface area (Å²) in [5.74, 6) is -0.793. The summed E-state index contributed by atoms with van der Waals surface area (Å²) in [6, 6.07) is 5.19. The number of piperazine rings is 1. The van der Waals surface area contributed by atoms with Gasteiger partial charge in [0, 0.05) is 32.8 Å². The first-order valence-corrected chi connectivity index (χ1v) is 8.25. The van der Waals surface area contributed by atoms with Gasteiger partial charge in [-0.2, -0.15) is 0 Å². The van der Waals surface area contributed by atoms with Crippen LogP contribution in [0.4, 0.5) is 4.39 Å². The van der Waals surface area contributed by atoms with E-state index in [0.717, 1.165) is 12.8 Å². The molecule has 2 N–H and O–H groups in total. The Kier molecular flexibility index (Phi) is 5.11. The molecule has 6 nitrogen and oxygen atoms in total. The molecule has 1 aromatic rings. The summed E-state index contributed by atoms with van der Waals surface area (Å²) in [6.45, 7) is 2.80. The van der Waals surface area contributed by atoms with Crippen LogP contribution in [0.15, 0.2) is 24.3 Å². The average Bonchev–Trinajstić information content (AvgIpc) is 3.11. The van der Waals surface area contributed by atoms with Gasteiger partial charge in [0.1, 0.15) is 18.0 Å². The largest absolute Gasteiger partial charge is 0.368 e. The molecule has 2 aliphatic heterocycles. The Hall–Kier alpha value is -1.99. The van der Waals surface area contributed by atoms with Crippen molar-refractivity contribution in [2.75, 3.05) is 32.8 Å². The Morgan fingerprint density at radius 1 is 1.17 bits per heavy atom. The van der Waals surface area contributed by atoms with Crippen LogP contribution in [0, 0.1) is 5.82 Å². The summed E-state index contributed by atoms with van der Waals surface area (Å²) in [6.07, 6.45) is 1.38. The van der Waals surface area contributed by atoms with Crippen molar-refractivity contribution < 1.29 is 18.7 Å². The number of nitrogens with zero attached hydrogens (tertiary/aromatic N) is 2. The van der Waals surface area contributed by atoms with Crippen molar-refractivity contribution in [2.45, 2.75) is 25.0 Å². The predicted molar refractivity (Wildman–Crippen MR) is 85.5 cm³/mol. The third kappa shape index (κ3) is 3.57. The van der Waals surface area contributed by atoms with E-state index in [1.165, 1.54) is 12.1 Å². The summed E-state index contributed by atoms with van der Waals surface area (Å²) in [5.41, 5.74) is 6.23. The Labute approximate surface area is 140 Å². The zero-order chi connectivity index (χ0) is 17.1. The van der Waals surface area contributed by atoms with Crippen LogP contribution in [0.5, 0.6) is 0 Å². The number of primary amides is 1. The van der Waals surface area contributed by atoms with Crippen LogP contribution >= 0.6 is 0 Å². The van der Waals surface area contributed by atoms with Crippen molar-refractivity contribution in [3.63, 3.8) is 0 Å². The van der Waals surface area contributed by atoms with Crippen LogP contribution in [0.1, 0.15) is 24.4 Å². The second kappa shape index (κ2) is 7.27. The third-order valence-corrected chi connectivity index (χ3v) is 4.65. The molecule has 0 aromatic heterocycles. The van der Waals surface area contributed by atoms with Crippen molar-refractivity contribution in [1.82, 2.24) is 9.80 Å². The minimum atomic E-state index is -0.606. The Bertz CT molecular complexity index is 594.